The van der Waals surface area contributed by atoms with Gasteiger partial charge < -0.3 is 15.4 Å². The van der Waals surface area contributed by atoms with Crippen molar-refractivity contribution >= 4 is 46.8 Å². The maximum absolute atomic E-state index is 12.7. The molecule has 0 heterocycles. The number of hydrogen-bond acceptors (Lipinski definition) is 4. The molecule has 0 unspecified atom stereocenters. The highest BCUT2D eigenvalue weighted by Gasteiger charge is 2.22. The summed E-state index contributed by atoms with van der Waals surface area (Å²) >= 11 is 13.6. The lowest BCUT2D eigenvalue weighted by molar-refractivity contribution is -0.123. The number of rotatable bonds is 9. The summed E-state index contributed by atoms with van der Waals surface area (Å²) in [6, 6.07) is 11.4. The zero-order valence-corrected chi connectivity index (χ0v) is 18.0. The summed E-state index contributed by atoms with van der Waals surface area (Å²) in [6.45, 7) is 0.302. The molecule has 2 aromatic rings. The molecule has 0 aliphatic carbocycles. The van der Waals surface area contributed by atoms with Crippen molar-refractivity contribution in [2.45, 2.75) is 19.0 Å². The summed E-state index contributed by atoms with van der Waals surface area (Å²) in [7, 11) is 1.58. The van der Waals surface area contributed by atoms with Crippen molar-refractivity contribution in [2.24, 2.45) is 0 Å². The van der Waals surface area contributed by atoms with Gasteiger partial charge in [-0.3, -0.25) is 9.59 Å². The minimum Gasteiger partial charge on any atom is -0.496 e. The van der Waals surface area contributed by atoms with Crippen LogP contribution < -0.4 is 15.4 Å². The molecule has 28 heavy (non-hydrogen) atoms. The van der Waals surface area contributed by atoms with Crippen LogP contribution in [0.2, 0.25) is 10.0 Å². The molecule has 2 N–H and O–H groups in total. The average molecular weight is 441 g/mol. The van der Waals surface area contributed by atoms with Gasteiger partial charge in [0.1, 0.15) is 11.8 Å². The molecule has 0 aliphatic heterocycles. The number of ether oxygens (including phenoxy) is 1. The van der Waals surface area contributed by atoms with Crippen molar-refractivity contribution in [3.05, 3.63) is 63.6 Å². The summed E-state index contributed by atoms with van der Waals surface area (Å²) in [5.41, 5.74) is 1.13. The van der Waals surface area contributed by atoms with E-state index >= 15 is 0 Å². The maximum Gasteiger partial charge on any atom is 0.253 e. The first kappa shape index (κ1) is 22.4. The van der Waals surface area contributed by atoms with Crippen LogP contribution in [-0.2, 0) is 11.3 Å². The molecule has 0 aliphatic rings. The van der Waals surface area contributed by atoms with E-state index in [-0.39, 0.29) is 16.5 Å². The second kappa shape index (κ2) is 11.2. The van der Waals surface area contributed by atoms with Gasteiger partial charge in [0.15, 0.2) is 0 Å². The molecule has 0 spiro atoms. The summed E-state index contributed by atoms with van der Waals surface area (Å²) in [4.78, 5) is 25.3. The monoisotopic (exact) mass is 440 g/mol. The normalized spacial score (nSPS) is 11.6. The van der Waals surface area contributed by atoms with Gasteiger partial charge in [0, 0.05) is 17.1 Å². The van der Waals surface area contributed by atoms with E-state index in [2.05, 4.69) is 10.6 Å². The number of hydrogen-bond donors (Lipinski definition) is 2. The van der Waals surface area contributed by atoms with Crippen LogP contribution in [-0.4, -0.2) is 37.0 Å². The van der Waals surface area contributed by atoms with Crippen molar-refractivity contribution in [3.8, 4) is 5.75 Å². The smallest absolute Gasteiger partial charge is 0.253 e. The Morgan fingerprint density at radius 3 is 2.61 bits per heavy atom. The van der Waals surface area contributed by atoms with Crippen LogP contribution in [0, 0.1) is 0 Å². The third kappa shape index (κ3) is 6.33. The van der Waals surface area contributed by atoms with E-state index in [9.17, 15) is 9.59 Å². The molecule has 2 aromatic carbocycles. The Balaban J connectivity index is 2.06. The molecule has 150 valence electrons. The minimum atomic E-state index is -0.679. The van der Waals surface area contributed by atoms with E-state index in [4.69, 9.17) is 27.9 Å². The lowest BCUT2D eigenvalue weighted by atomic mass is 10.1. The van der Waals surface area contributed by atoms with E-state index in [1.807, 2.05) is 30.5 Å². The molecule has 0 aromatic heterocycles. The van der Waals surface area contributed by atoms with Crippen molar-refractivity contribution in [1.29, 1.82) is 0 Å². The first-order valence-corrected chi connectivity index (χ1v) is 10.8. The lowest BCUT2D eigenvalue weighted by Crippen LogP contribution is -2.47. The van der Waals surface area contributed by atoms with Gasteiger partial charge in [0.2, 0.25) is 5.91 Å². The fourth-order valence-corrected chi connectivity index (χ4v) is 3.53. The number of halogens is 2. The number of nitrogens with one attached hydrogen (secondary N) is 2. The fourth-order valence-electron chi connectivity index (χ4n) is 2.57. The summed E-state index contributed by atoms with van der Waals surface area (Å²) in [6.07, 6.45) is 2.44. The molecule has 0 bridgehead atoms. The first-order chi connectivity index (χ1) is 13.5. The van der Waals surface area contributed by atoms with Crippen LogP contribution in [0.3, 0.4) is 0 Å². The highest BCUT2D eigenvalue weighted by atomic mass is 35.5. The molecule has 0 saturated heterocycles. The number of benzene rings is 2. The Bertz CT molecular complexity index is 833. The molecule has 2 rings (SSSR count). The van der Waals surface area contributed by atoms with Gasteiger partial charge in [0.05, 0.1) is 17.7 Å². The molecule has 8 heteroatoms. The van der Waals surface area contributed by atoms with Gasteiger partial charge in [-0.15, -0.1) is 0 Å². The van der Waals surface area contributed by atoms with E-state index in [0.717, 1.165) is 11.3 Å². The van der Waals surface area contributed by atoms with Gasteiger partial charge >= 0.3 is 0 Å². The number of para-hydroxylation sites is 1. The second-order valence-corrected chi connectivity index (χ2v) is 7.79. The Morgan fingerprint density at radius 1 is 1.18 bits per heavy atom. The van der Waals surface area contributed by atoms with E-state index in [1.165, 1.54) is 6.07 Å². The Labute approximate surface area is 179 Å². The predicted molar refractivity (Wildman–Crippen MR) is 116 cm³/mol. The fraction of sp³-hybridized carbons (Fsp3) is 0.300. The number of amides is 2. The molecule has 5 nitrogen and oxygen atoms in total. The molecule has 0 fully saturated rings. The van der Waals surface area contributed by atoms with E-state index < -0.39 is 11.9 Å². The summed E-state index contributed by atoms with van der Waals surface area (Å²) in [5.74, 6) is 0.737. The van der Waals surface area contributed by atoms with Gasteiger partial charge in [0.25, 0.3) is 5.91 Å². The molecule has 1 atom stereocenters. The third-order valence-corrected chi connectivity index (χ3v) is 5.25. The molecule has 0 radical (unpaired) electrons. The quantitative estimate of drug-likeness (QED) is 0.613. The number of thioether (sulfide) groups is 1. The van der Waals surface area contributed by atoms with Crippen molar-refractivity contribution in [1.82, 2.24) is 10.6 Å². The maximum atomic E-state index is 12.7. The lowest BCUT2D eigenvalue weighted by Gasteiger charge is -2.19. The van der Waals surface area contributed by atoms with E-state index in [0.29, 0.717) is 23.7 Å². The molecular formula is C20H22Cl2N2O3S. The highest BCUT2D eigenvalue weighted by molar-refractivity contribution is 7.98. The molecule has 0 saturated carbocycles. The average Bonchev–Trinajstić information content (AvgIpc) is 2.69. The number of carbonyl (C=O) groups is 2. The van der Waals surface area contributed by atoms with Crippen molar-refractivity contribution < 1.29 is 14.3 Å². The van der Waals surface area contributed by atoms with Crippen LogP contribution in [0.4, 0.5) is 0 Å². The Morgan fingerprint density at radius 2 is 1.93 bits per heavy atom. The van der Waals surface area contributed by atoms with Crippen molar-refractivity contribution in [3.63, 3.8) is 0 Å². The van der Waals surface area contributed by atoms with Crippen LogP contribution in [0.15, 0.2) is 42.5 Å². The predicted octanol–water partition coefficient (Wildman–Crippen LogP) is 4.17. The van der Waals surface area contributed by atoms with Gasteiger partial charge in [-0.05, 0) is 42.7 Å². The third-order valence-electron chi connectivity index (χ3n) is 4.05. The van der Waals surface area contributed by atoms with Crippen LogP contribution in [0.5, 0.6) is 5.75 Å². The van der Waals surface area contributed by atoms with Gasteiger partial charge in [-0.1, -0.05) is 41.4 Å². The molecule has 2 amide bonds. The Hall–Kier alpha value is -1.89. The standard InChI is InChI=1S/C20H22Cl2N2O3S/c1-27-18-6-4-3-5-13(18)12-23-20(26)17(9-10-28-2)24-19(25)15-8-7-14(21)11-16(15)22/h3-8,11,17H,9-10,12H2,1-2H3,(H,23,26)(H,24,25)/t17-/m1/s1. The zero-order valence-electron chi connectivity index (χ0n) is 15.6. The summed E-state index contributed by atoms with van der Waals surface area (Å²) < 4.78 is 5.30. The number of carbonyl (C=O) groups excluding carboxylic acids is 2. The SMILES string of the molecule is COc1ccccc1CNC(=O)[C@@H](CCSC)NC(=O)c1ccc(Cl)cc1Cl. The summed E-state index contributed by atoms with van der Waals surface area (Å²) in [5, 5.41) is 6.31. The molecular weight excluding hydrogens is 419 g/mol. The van der Waals surface area contributed by atoms with E-state index in [1.54, 1.807) is 31.0 Å². The van der Waals surface area contributed by atoms with Gasteiger partial charge in [-0.25, -0.2) is 0 Å². The second-order valence-electron chi connectivity index (χ2n) is 5.96. The first-order valence-electron chi connectivity index (χ1n) is 8.60. The largest absolute Gasteiger partial charge is 0.496 e. The zero-order chi connectivity index (χ0) is 20.5. The van der Waals surface area contributed by atoms with Crippen LogP contribution >= 0.6 is 35.0 Å². The Kier molecular flexibility index (Phi) is 8.96. The van der Waals surface area contributed by atoms with Crippen LogP contribution in [0.1, 0.15) is 22.3 Å². The van der Waals surface area contributed by atoms with Crippen LogP contribution in [0.25, 0.3) is 0 Å². The highest BCUT2D eigenvalue weighted by Crippen LogP contribution is 2.21. The minimum absolute atomic E-state index is 0.239. The van der Waals surface area contributed by atoms with Gasteiger partial charge in [-0.2, -0.15) is 11.8 Å². The van der Waals surface area contributed by atoms with Crippen molar-refractivity contribution in [2.75, 3.05) is 19.1 Å². The topological polar surface area (TPSA) is 67.4 Å². The number of methoxy groups -OCH3 is 1.